The zero-order valence-electron chi connectivity index (χ0n) is 11.8. The van der Waals surface area contributed by atoms with Crippen LogP contribution in [0, 0.1) is 6.92 Å². The van der Waals surface area contributed by atoms with Crippen molar-refractivity contribution in [2.24, 2.45) is 5.73 Å². The van der Waals surface area contributed by atoms with Crippen molar-refractivity contribution in [2.75, 3.05) is 7.05 Å². The van der Waals surface area contributed by atoms with E-state index in [0.717, 1.165) is 36.3 Å². The Bertz CT molecular complexity index is 438. The molecule has 1 fully saturated rings. The van der Waals surface area contributed by atoms with E-state index in [1.807, 2.05) is 19.5 Å². The predicted molar refractivity (Wildman–Crippen MR) is 77.9 cm³/mol. The fourth-order valence-corrected chi connectivity index (χ4v) is 3.48. The van der Waals surface area contributed by atoms with E-state index in [4.69, 9.17) is 5.73 Å². The summed E-state index contributed by atoms with van der Waals surface area (Å²) in [5.74, 6) is 0.150. The topological polar surface area (TPSA) is 59.2 Å². The Kier molecular flexibility index (Phi) is 4.58. The molecule has 0 spiro atoms. The zero-order valence-corrected chi connectivity index (χ0v) is 12.6. The lowest BCUT2D eigenvalue weighted by molar-refractivity contribution is -0.132. The molecular weight excluding hydrogens is 258 g/mol. The van der Waals surface area contributed by atoms with E-state index >= 15 is 0 Å². The molecule has 1 aromatic heterocycles. The van der Waals surface area contributed by atoms with Gasteiger partial charge in [0.25, 0.3) is 0 Å². The third-order valence-corrected chi connectivity index (χ3v) is 4.92. The number of rotatable bonds is 4. The molecule has 5 heteroatoms. The zero-order chi connectivity index (χ0) is 13.9. The van der Waals surface area contributed by atoms with E-state index in [1.54, 1.807) is 16.2 Å². The summed E-state index contributed by atoms with van der Waals surface area (Å²) >= 11 is 1.60. The molecule has 2 rings (SSSR count). The molecule has 1 heterocycles. The number of aromatic nitrogens is 1. The molecule has 1 saturated carbocycles. The highest BCUT2D eigenvalue weighted by Crippen LogP contribution is 2.29. The van der Waals surface area contributed by atoms with Gasteiger partial charge in [0.05, 0.1) is 17.7 Å². The van der Waals surface area contributed by atoms with Crippen molar-refractivity contribution in [1.82, 2.24) is 9.88 Å². The summed E-state index contributed by atoms with van der Waals surface area (Å²) in [6.45, 7) is 2.63. The SMILES string of the molecule is Cc1ncsc1CN(C)C(=O)CC1(N)CCCCC1. The van der Waals surface area contributed by atoms with Crippen LogP contribution in [-0.2, 0) is 11.3 Å². The normalized spacial score (nSPS) is 18.3. The Morgan fingerprint density at radius 2 is 2.16 bits per heavy atom. The summed E-state index contributed by atoms with van der Waals surface area (Å²) in [5, 5.41) is 0. The molecule has 0 aromatic carbocycles. The largest absolute Gasteiger partial charge is 0.340 e. The van der Waals surface area contributed by atoms with Crippen LogP contribution < -0.4 is 5.73 Å². The van der Waals surface area contributed by atoms with Crippen molar-refractivity contribution in [2.45, 2.75) is 57.5 Å². The number of amides is 1. The maximum absolute atomic E-state index is 12.3. The lowest BCUT2D eigenvalue weighted by Gasteiger charge is -2.34. The number of carbonyl (C=O) groups is 1. The van der Waals surface area contributed by atoms with Crippen LogP contribution in [0.2, 0.25) is 0 Å². The van der Waals surface area contributed by atoms with Crippen molar-refractivity contribution < 1.29 is 4.79 Å². The van der Waals surface area contributed by atoms with Gasteiger partial charge in [-0.2, -0.15) is 0 Å². The van der Waals surface area contributed by atoms with Gasteiger partial charge in [0, 0.05) is 23.9 Å². The van der Waals surface area contributed by atoms with Gasteiger partial charge >= 0.3 is 0 Å². The van der Waals surface area contributed by atoms with Gasteiger partial charge in [-0.15, -0.1) is 11.3 Å². The first kappa shape index (κ1) is 14.5. The van der Waals surface area contributed by atoms with Crippen molar-refractivity contribution in [1.29, 1.82) is 0 Å². The maximum Gasteiger partial charge on any atom is 0.224 e. The number of nitrogens with zero attached hydrogens (tertiary/aromatic N) is 2. The highest BCUT2D eigenvalue weighted by Gasteiger charge is 2.31. The second-order valence-electron chi connectivity index (χ2n) is 5.71. The van der Waals surface area contributed by atoms with Crippen molar-refractivity contribution in [3.8, 4) is 0 Å². The summed E-state index contributed by atoms with van der Waals surface area (Å²) in [6, 6.07) is 0. The first-order valence-corrected chi connectivity index (χ1v) is 7.80. The van der Waals surface area contributed by atoms with Crippen molar-refractivity contribution in [3.63, 3.8) is 0 Å². The van der Waals surface area contributed by atoms with E-state index in [1.165, 1.54) is 6.42 Å². The van der Waals surface area contributed by atoms with Crippen LogP contribution in [-0.4, -0.2) is 28.4 Å². The first-order valence-electron chi connectivity index (χ1n) is 6.92. The molecule has 1 amide bonds. The average Bonchev–Trinajstić information content (AvgIpc) is 2.75. The average molecular weight is 281 g/mol. The number of hydrogen-bond acceptors (Lipinski definition) is 4. The minimum atomic E-state index is -0.271. The van der Waals surface area contributed by atoms with Gasteiger partial charge in [-0.3, -0.25) is 4.79 Å². The second kappa shape index (κ2) is 6.01. The van der Waals surface area contributed by atoms with Gasteiger partial charge in [-0.1, -0.05) is 19.3 Å². The fraction of sp³-hybridized carbons (Fsp3) is 0.714. The molecular formula is C14H23N3OS. The second-order valence-corrected chi connectivity index (χ2v) is 6.65. The maximum atomic E-state index is 12.3. The fourth-order valence-electron chi connectivity index (χ4n) is 2.65. The van der Waals surface area contributed by atoms with Crippen LogP contribution in [0.25, 0.3) is 0 Å². The first-order chi connectivity index (χ1) is 9.00. The monoisotopic (exact) mass is 281 g/mol. The number of aryl methyl sites for hydroxylation is 1. The molecule has 1 aromatic rings. The van der Waals surface area contributed by atoms with Crippen LogP contribution in [0.1, 0.15) is 49.1 Å². The van der Waals surface area contributed by atoms with E-state index in [2.05, 4.69) is 4.98 Å². The van der Waals surface area contributed by atoms with Gasteiger partial charge in [0.15, 0.2) is 0 Å². The minimum Gasteiger partial charge on any atom is -0.340 e. The van der Waals surface area contributed by atoms with Crippen molar-refractivity contribution >= 4 is 17.2 Å². The van der Waals surface area contributed by atoms with Gasteiger partial charge < -0.3 is 10.6 Å². The number of thiazole rings is 1. The summed E-state index contributed by atoms with van der Waals surface area (Å²) in [5.41, 5.74) is 8.92. The van der Waals surface area contributed by atoms with E-state index < -0.39 is 0 Å². The standard InChI is InChI=1S/C14H23N3OS/c1-11-12(19-10-16-11)9-17(2)13(18)8-14(15)6-4-3-5-7-14/h10H,3-9,15H2,1-2H3. The van der Waals surface area contributed by atoms with Gasteiger partial charge in [-0.25, -0.2) is 4.98 Å². The lowest BCUT2D eigenvalue weighted by atomic mass is 9.80. The molecule has 0 unspecified atom stereocenters. The molecule has 0 bridgehead atoms. The lowest BCUT2D eigenvalue weighted by Crippen LogP contribution is -2.46. The Labute approximate surface area is 119 Å². The summed E-state index contributed by atoms with van der Waals surface area (Å²) in [7, 11) is 1.85. The van der Waals surface area contributed by atoms with Crippen LogP contribution in [0.5, 0.6) is 0 Å². The number of carbonyl (C=O) groups excluding carboxylic acids is 1. The molecule has 0 saturated heterocycles. The third kappa shape index (κ3) is 3.76. The Hall–Kier alpha value is -0.940. The minimum absolute atomic E-state index is 0.150. The van der Waals surface area contributed by atoms with Gasteiger partial charge in [0.2, 0.25) is 5.91 Å². The summed E-state index contributed by atoms with van der Waals surface area (Å²) < 4.78 is 0. The summed E-state index contributed by atoms with van der Waals surface area (Å²) in [4.78, 5) is 19.4. The molecule has 0 aliphatic heterocycles. The third-order valence-electron chi connectivity index (χ3n) is 4.00. The van der Waals surface area contributed by atoms with E-state index in [-0.39, 0.29) is 11.4 Å². The number of nitrogens with two attached hydrogens (primary N) is 1. The van der Waals surface area contributed by atoms with E-state index in [0.29, 0.717) is 13.0 Å². The smallest absolute Gasteiger partial charge is 0.224 e. The Morgan fingerprint density at radius 3 is 2.74 bits per heavy atom. The molecule has 19 heavy (non-hydrogen) atoms. The number of hydrogen-bond donors (Lipinski definition) is 1. The Morgan fingerprint density at radius 1 is 1.47 bits per heavy atom. The molecule has 0 radical (unpaired) electrons. The van der Waals surface area contributed by atoms with Crippen LogP contribution in [0.4, 0.5) is 0 Å². The molecule has 1 aliphatic rings. The van der Waals surface area contributed by atoms with Gasteiger partial charge in [0.1, 0.15) is 0 Å². The highest BCUT2D eigenvalue weighted by atomic mass is 32.1. The molecule has 1 aliphatic carbocycles. The predicted octanol–water partition coefficient (Wildman–Crippen LogP) is 2.46. The molecule has 2 N–H and O–H groups in total. The molecule has 0 atom stereocenters. The van der Waals surface area contributed by atoms with Crippen molar-refractivity contribution in [3.05, 3.63) is 16.1 Å². The Balaban J connectivity index is 1.90. The molecule has 106 valence electrons. The molecule has 4 nitrogen and oxygen atoms in total. The van der Waals surface area contributed by atoms with Crippen LogP contribution >= 0.6 is 11.3 Å². The summed E-state index contributed by atoms with van der Waals surface area (Å²) in [6.07, 6.45) is 5.99. The van der Waals surface area contributed by atoms with Crippen LogP contribution in [0.3, 0.4) is 0 Å². The van der Waals surface area contributed by atoms with Crippen LogP contribution in [0.15, 0.2) is 5.51 Å². The van der Waals surface area contributed by atoms with E-state index in [9.17, 15) is 4.79 Å². The van der Waals surface area contributed by atoms with Gasteiger partial charge in [-0.05, 0) is 19.8 Å². The quantitative estimate of drug-likeness (QED) is 0.922. The highest BCUT2D eigenvalue weighted by molar-refractivity contribution is 7.09.